The summed E-state index contributed by atoms with van der Waals surface area (Å²) in [6.45, 7) is 17.5. The Hall–Kier alpha value is -6.33. The zero-order valence-electron chi connectivity index (χ0n) is 35.7. The highest BCUT2D eigenvalue weighted by molar-refractivity contribution is 6.09. The largest absolute Gasteiger partial charge is 0.342 e. The zero-order valence-corrected chi connectivity index (χ0v) is 35.7. The highest BCUT2D eigenvalue weighted by Gasteiger charge is 2.17. The van der Waals surface area contributed by atoms with Gasteiger partial charge >= 0.3 is 0 Å². The second-order valence-electron chi connectivity index (χ2n) is 12.4. The molecule has 0 atom stereocenters. The molecule has 0 spiro atoms. The van der Waals surface area contributed by atoms with Crippen molar-refractivity contribution in [2.24, 2.45) is 0 Å². The van der Waals surface area contributed by atoms with E-state index in [0.717, 1.165) is 57.1 Å². The summed E-state index contributed by atoms with van der Waals surface area (Å²) in [5.74, 6) is 0.295. The molecule has 0 radical (unpaired) electrons. The molecule has 0 aliphatic rings. The maximum absolute atomic E-state index is 12.9. The number of hydrogen-bond acceptors (Lipinski definition) is 3. The molecule has 0 fully saturated rings. The number of Topliss-reactive ketones (excluding diaryl/α,β-unsaturated/α-hetero) is 2. The van der Waals surface area contributed by atoms with Gasteiger partial charge in [-0.15, -0.1) is 0 Å². The van der Waals surface area contributed by atoms with Crippen molar-refractivity contribution in [1.82, 2.24) is 14.1 Å². The standard InChI is InChI=1S/C23H19NO.C22H18N2O.4C2H6.3CH4/c25-23(15-18-9-3-1-4-10-18)21-17-24(16-19-11-5-2-6-12-19)22-14-8-7-13-20(21)22;25-22(14-17-10-12-23-13-11-17)20-16-24(15-18-6-2-1-3-7-18)21-9-5-4-8-19(20)21;4*1-2;;;/h1-14,17H,15-16H2;1-13,16H,14-15H2;4*1-2H3;3*1H4. The Morgan fingerprint density at radius 1 is 0.393 bits per heavy atom. The summed E-state index contributed by atoms with van der Waals surface area (Å²) in [5, 5.41) is 2.04. The lowest BCUT2D eigenvalue weighted by Crippen LogP contribution is -2.03. The minimum atomic E-state index is 0. The average Bonchev–Trinajstić information content (AvgIpc) is 3.86. The minimum Gasteiger partial charge on any atom is -0.342 e. The van der Waals surface area contributed by atoms with Gasteiger partial charge in [-0.25, -0.2) is 0 Å². The quantitative estimate of drug-likeness (QED) is 0.129. The molecule has 0 N–H and O–H groups in total. The van der Waals surface area contributed by atoms with Gasteiger partial charge in [0.2, 0.25) is 0 Å². The molecule has 0 aliphatic carbocycles. The number of nitrogens with zero attached hydrogens (tertiary/aromatic N) is 3. The van der Waals surface area contributed by atoms with E-state index in [1.807, 2.05) is 183 Å². The molecule has 61 heavy (non-hydrogen) atoms. The van der Waals surface area contributed by atoms with Gasteiger partial charge in [-0.3, -0.25) is 14.6 Å². The number of benzene rings is 5. The van der Waals surface area contributed by atoms with Crippen LogP contribution in [0.4, 0.5) is 0 Å². The average molecular weight is 820 g/mol. The molecule has 0 saturated heterocycles. The number of rotatable bonds is 10. The van der Waals surface area contributed by atoms with Gasteiger partial charge in [0.15, 0.2) is 11.6 Å². The summed E-state index contributed by atoms with van der Waals surface area (Å²) >= 11 is 0. The SMILES string of the molecule is C.C.C.CC.CC.CC.CC.O=C(Cc1ccccc1)c1cn(Cc2ccccc2)c2ccccc12.O=C(Cc1ccncc1)c1cn(Cc2ccccc2)c2ccccc12. The first-order chi connectivity index (χ1) is 28.6. The number of fused-ring (bicyclic) bond motifs is 2. The molecule has 0 saturated carbocycles. The Bertz CT molecular complexity index is 2170. The zero-order chi connectivity index (χ0) is 42.1. The monoisotopic (exact) mass is 820 g/mol. The van der Waals surface area contributed by atoms with Crippen molar-refractivity contribution in [3.63, 3.8) is 0 Å². The first-order valence-corrected chi connectivity index (χ1v) is 20.9. The van der Waals surface area contributed by atoms with Crippen molar-refractivity contribution in [2.75, 3.05) is 0 Å². The van der Waals surface area contributed by atoms with Gasteiger partial charge in [0, 0.05) is 83.7 Å². The van der Waals surface area contributed by atoms with Crippen LogP contribution in [0.3, 0.4) is 0 Å². The lowest BCUT2D eigenvalue weighted by molar-refractivity contribution is 0.0986. The molecule has 0 bridgehead atoms. The molecule has 0 unspecified atom stereocenters. The first-order valence-electron chi connectivity index (χ1n) is 20.9. The van der Waals surface area contributed by atoms with Crippen molar-refractivity contribution in [3.8, 4) is 0 Å². The van der Waals surface area contributed by atoms with Crippen LogP contribution in [0.2, 0.25) is 0 Å². The molecule has 0 aliphatic heterocycles. The van der Waals surface area contributed by atoms with E-state index in [2.05, 4.69) is 50.5 Å². The van der Waals surface area contributed by atoms with Crippen molar-refractivity contribution in [1.29, 1.82) is 0 Å². The molecular weight excluding hydrogens is 747 g/mol. The van der Waals surface area contributed by atoms with Crippen LogP contribution in [0.15, 0.2) is 176 Å². The lowest BCUT2D eigenvalue weighted by Gasteiger charge is -2.05. The minimum absolute atomic E-state index is 0. The summed E-state index contributed by atoms with van der Waals surface area (Å²) in [7, 11) is 0. The summed E-state index contributed by atoms with van der Waals surface area (Å²) < 4.78 is 4.33. The molecular formula is C56H73N3O2. The Kier molecular flexibility index (Phi) is 27.5. The highest BCUT2D eigenvalue weighted by Crippen LogP contribution is 2.25. The van der Waals surface area contributed by atoms with Crippen LogP contribution in [0.1, 0.15) is 121 Å². The van der Waals surface area contributed by atoms with Gasteiger partial charge in [-0.1, -0.05) is 205 Å². The molecule has 8 aromatic rings. The predicted molar refractivity (Wildman–Crippen MR) is 267 cm³/mol. The molecule has 324 valence electrons. The van der Waals surface area contributed by atoms with E-state index in [1.54, 1.807) is 12.4 Å². The van der Waals surface area contributed by atoms with Gasteiger partial charge in [-0.05, 0) is 46.5 Å². The third kappa shape index (κ3) is 15.7. The molecule has 5 nitrogen and oxygen atoms in total. The number of pyridine rings is 1. The Balaban J connectivity index is 0.000000974. The predicted octanol–water partition coefficient (Wildman–Crippen LogP) is 15.6. The summed E-state index contributed by atoms with van der Waals surface area (Å²) in [4.78, 5) is 29.8. The number of ketones is 2. The number of aromatic nitrogens is 3. The van der Waals surface area contributed by atoms with Gasteiger partial charge in [0.25, 0.3) is 0 Å². The van der Waals surface area contributed by atoms with Crippen molar-refractivity contribution in [2.45, 2.75) is 104 Å². The molecule has 5 heteroatoms. The third-order valence-electron chi connectivity index (χ3n) is 8.89. The van der Waals surface area contributed by atoms with E-state index < -0.39 is 0 Å². The van der Waals surface area contributed by atoms with E-state index >= 15 is 0 Å². The van der Waals surface area contributed by atoms with Crippen molar-refractivity contribution in [3.05, 3.63) is 210 Å². The van der Waals surface area contributed by atoms with Gasteiger partial charge in [0.1, 0.15) is 0 Å². The molecule has 0 amide bonds. The maximum Gasteiger partial charge on any atom is 0.169 e. The van der Waals surface area contributed by atoms with Crippen LogP contribution in [0.5, 0.6) is 0 Å². The van der Waals surface area contributed by atoms with Crippen LogP contribution in [0.25, 0.3) is 21.8 Å². The van der Waals surface area contributed by atoms with E-state index in [1.165, 1.54) is 11.1 Å². The van der Waals surface area contributed by atoms with Crippen molar-refractivity contribution < 1.29 is 9.59 Å². The van der Waals surface area contributed by atoms with E-state index in [9.17, 15) is 9.59 Å². The number of para-hydroxylation sites is 2. The maximum atomic E-state index is 12.9. The fourth-order valence-electron chi connectivity index (χ4n) is 6.42. The van der Waals surface area contributed by atoms with E-state index in [4.69, 9.17) is 0 Å². The van der Waals surface area contributed by atoms with E-state index in [-0.39, 0.29) is 33.8 Å². The molecule has 3 heterocycles. The summed E-state index contributed by atoms with van der Waals surface area (Å²) in [6, 6.07) is 50.6. The van der Waals surface area contributed by atoms with Crippen LogP contribution in [-0.2, 0) is 25.9 Å². The van der Waals surface area contributed by atoms with Crippen LogP contribution >= 0.6 is 0 Å². The normalized spacial score (nSPS) is 9.31. The second kappa shape index (κ2) is 30.7. The van der Waals surface area contributed by atoms with Gasteiger partial charge < -0.3 is 9.13 Å². The third-order valence-corrected chi connectivity index (χ3v) is 8.89. The molecule has 8 rings (SSSR count). The lowest BCUT2D eigenvalue weighted by atomic mass is 10.0. The Morgan fingerprint density at radius 2 is 0.689 bits per heavy atom. The Labute approximate surface area is 369 Å². The van der Waals surface area contributed by atoms with E-state index in [0.29, 0.717) is 12.8 Å². The summed E-state index contributed by atoms with van der Waals surface area (Å²) in [5.41, 5.74) is 8.25. The van der Waals surface area contributed by atoms with Crippen molar-refractivity contribution >= 4 is 33.4 Å². The topological polar surface area (TPSA) is 56.9 Å². The number of carbonyl (C=O) groups excluding carboxylic acids is 2. The molecule has 3 aromatic heterocycles. The smallest absolute Gasteiger partial charge is 0.169 e. The Morgan fingerprint density at radius 3 is 1.05 bits per heavy atom. The van der Waals surface area contributed by atoms with Crippen LogP contribution in [0, 0.1) is 0 Å². The number of carbonyl (C=O) groups is 2. The second-order valence-corrected chi connectivity index (χ2v) is 12.4. The number of hydrogen-bond donors (Lipinski definition) is 0. The highest BCUT2D eigenvalue weighted by atomic mass is 16.1. The summed E-state index contributed by atoms with van der Waals surface area (Å²) in [6.07, 6.45) is 8.26. The first kappa shape index (κ1) is 54.7. The fourth-order valence-corrected chi connectivity index (χ4v) is 6.42. The molecule has 5 aromatic carbocycles. The van der Waals surface area contributed by atoms with Gasteiger partial charge in [0.05, 0.1) is 0 Å². The van der Waals surface area contributed by atoms with Gasteiger partial charge in [-0.2, -0.15) is 0 Å². The van der Waals surface area contributed by atoms with Crippen LogP contribution in [-0.4, -0.2) is 25.7 Å². The van der Waals surface area contributed by atoms with Crippen LogP contribution < -0.4 is 0 Å². The fraction of sp³-hybridized carbons (Fsp3) is 0.268.